The third-order valence-electron chi connectivity index (χ3n) is 2.24. The zero-order chi connectivity index (χ0) is 13.6. The Morgan fingerprint density at radius 2 is 2.22 bits per heavy atom. The van der Waals surface area contributed by atoms with Gasteiger partial charge in [0, 0.05) is 19.3 Å². The third kappa shape index (κ3) is 5.31. The van der Waals surface area contributed by atoms with Crippen LogP contribution in [-0.2, 0) is 22.6 Å². The molecule has 0 amide bonds. The highest BCUT2D eigenvalue weighted by molar-refractivity contribution is 5.72. The number of rotatable bonds is 6. The Balaban J connectivity index is 2.33. The number of hydrogen-bond acceptors (Lipinski definition) is 4. The van der Waals surface area contributed by atoms with Gasteiger partial charge < -0.3 is 10.1 Å². The van der Waals surface area contributed by atoms with E-state index in [9.17, 15) is 4.79 Å². The number of hydrogen-bond donors (Lipinski definition) is 1. The fourth-order valence-electron chi connectivity index (χ4n) is 1.59. The van der Waals surface area contributed by atoms with E-state index in [-0.39, 0.29) is 12.5 Å². The first-order valence-electron chi connectivity index (χ1n) is 6.35. The van der Waals surface area contributed by atoms with Gasteiger partial charge in [0.15, 0.2) is 0 Å². The molecule has 0 aliphatic carbocycles. The number of aryl methyl sites for hydroxylation is 1. The van der Waals surface area contributed by atoms with Crippen LogP contribution in [0.3, 0.4) is 0 Å². The van der Waals surface area contributed by atoms with Gasteiger partial charge in [-0.1, -0.05) is 6.92 Å². The molecule has 0 aromatic carbocycles. The second-order valence-electron chi connectivity index (χ2n) is 5.24. The van der Waals surface area contributed by atoms with E-state index in [2.05, 4.69) is 17.3 Å². The van der Waals surface area contributed by atoms with Crippen molar-refractivity contribution >= 4 is 5.97 Å². The van der Waals surface area contributed by atoms with Gasteiger partial charge in [0.1, 0.15) is 5.60 Å². The first-order valence-corrected chi connectivity index (χ1v) is 6.35. The molecule has 18 heavy (non-hydrogen) atoms. The van der Waals surface area contributed by atoms with Crippen LogP contribution in [0.1, 0.15) is 39.8 Å². The average Bonchev–Trinajstić information content (AvgIpc) is 2.64. The fraction of sp³-hybridized carbons (Fsp3) is 0.692. The first-order chi connectivity index (χ1) is 8.42. The lowest BCUT2D eigenvalue weighted by molar-refractivity contribution is -0.153. The van der Waals surface area contributed by atoms with Crippen molar-refractivity contribution in [3.8, 4) is 0 Å². The predicted octanol–water partition coefficient (Wildman–Crippen LogP) is 1.72. The Hall–Kier alpha value is -1.36. The van der Waals surface area contributed by atoms with Crippen molar-refractivity contribution in [1.29, 1.82) is 0 Å². The molecular formula is C13H23N3O2. The molecule has 1 rings (SSSR count). The lowest BCUT2D eigenvalue weighted by Gasteiger charge is -2.19. The summed E-state index contributed by atoms with van der Waals surface area (Å²) >= 11 is 0. The van der Waals surface area contributed by atoms with Gasteiger partial charge >= 0.3 is 5.97 Å². The van der Waals surface area contributed by atoms with Gasteiger partial charge in [0.25, 0.3) is 0 Å². The van der Waals surface area contributed by atoms with Crippen LogP contribution in [0.25, 0.3) is 0 Å². The highest BCUT2D eigenvalue weighted by atomic mass is 16.6. The van der Waals surface area contributed by atoms with E-state index in [0.29, 0.717) is 6.54 Å². The molecule has 0 unspecified atom stereocenters. The van der Waals surface area contributed by atoms with E-state index in [0.717, 1.165) is 18.7 Å². The van der Waals surface area contributed by atoms with Crippen molar-refractivity contribution in [2.24, 2.45) is 0 Å². The number of carbonyl (C=O) groups excluding carboxylic acids is 1. The van der Waals surface area contributed by atoms with Crippen molar-refractivity contribution in [1.82, 2.24) is 15.1 Å². The molecule has 0 aliphatic heterocycles. The zero-order valence-corrected chi connectivity index (χ0v) is 11.7. The van der Waals surface area contributed by atoms with Gasteiger partial charge in [-0.15, -0.1) is 0 Å². The molecule has 0 fully saturated rings. The largest absolute Gasteiger partial charge is 0.459 e. The first kappa shape index (κ1) is 14.7. The topological polar surface area (TPSA) is 56.2 Å². The van der Waals surface area contributed by atoms with E-state index < -0.39 is 5.60 Å². The smallest absolute Gasteiger partial charge is 0.320 e. The molecule has 1 aromatic heterocycles. The predicted molar refractivity (Wildman–Crippen MR) is 70.1 cm³/mol. The molecule has 0 saturated carbocycles. The van der Waals surface area contributed by atoms with Crippen LogP contribution in [0.2, 0.25) is 0 Å². The average molecular weight is 253 g/mol. The van der Waals surface area contributed by atoms with E-state index >= 15 is 0 Å². The van der Waals surface area contributed by atoms with Crippen molar-refractivity contribution in [3.05, 3.63) is 18.0 Å². The maximum absolute atomic E-state index is 11.5. The number of esters is 1. The van der Waals surface area contributed by atoms with Gasteiger partial charge in [-0.2, -0.15) is 5.10 Å². The normalized spacial score (nSPS) is 11.6. The number of nitrogens with zero attached hydrogens (tertiary/aromatic N) is 2. The summed E-state index contributed by atoms with van der Waals surface area (Å²) in [5, 5.41) is 7.30. The molecular weight excluding hydrogens is 230 g/mol. The van der Waals surface area contributed by atoms with Crippen LogP contribution in [0, 0.1) is 0 Å². The Labute approximate surface area is 109 Å². The summed E-state index contributed by atoms with van der Waals surface area (Å²) in [5.74, 6) is -0.232. The van der Waals surface area contributed by atoms with Crippen LogP contribution in [-0.4, -0.2) is 27.9 Å². The van der Waals surface area contributed by atoms with Crippen LogP contribution in [0.15, 0.2) is 12.3 Å². The number of ether oxygens (including phenoxy) is 1. The summed E-state index contributed by atoms with van der Waals surface area (Å²) in [4.78, 5) is 11.5. The molecule has 1 N–H and O–H groups in total. The van der Waals surface area contributed by atoms with Gasteiger partial charge in [-0.25, -0.2) is 0 Å². The summed E-state index contributed by atoms with van der Waals surface area (Å²) < 4.78 is 7.16. The molecule has 1 heterocycles. The van der Waals surface area contributed by atoms with E-state index in [1.165, 1.54) is 0 Å². The van der Waals surface area contributed by atoms with Crippen LogP contribution >= 0.6 is 0 Å². The van der Waals surface area contributed by atoms with Crippen molar-refractivity contribution in [3.63, 3.8) is 0 Å². The molecule has 0 aliphatic rings. The van der Waals surface area contributed by atoms with E-state index in [1.807, 2.05) is 31.5 Å². The molecule has 1 aromatic rings. The number of carbonyl (C=O) groups is 1. The zero-order valence-electron chi connectivity index (χ0n) is 11.7. The molecule has 0 spiro atoms. The quantitative estimate of drug-likeness (QED) is 0.784. The fourth-order valence-corrected chi connectivity index (χ4v) is 1.59. The lowest BCUT2D eigenvalue weighted by atomic mass is 10.2. The minimum absolute atomic E-state index is 0.217. The third-order valence-corrected chi connectivity index (χ3v) is 2.24. The summed E-state index contributed by atoms with van der Waals surface area (Å²) in [5.41, 5.74) is 0.656. The van der Waals surface area contributed by atoms with Crippen molar-refractivity contribution in [2.45, 2.75) is 52.8 Å². The Bertz CT molecular complexity index is 380. The minimum Gasteiger partial charge on any atom is -0.459 e. The van der Waals surface area contributed by atoms with Crippen LogP contribution in [0.5, 0.6) is 0 Å². The maximum Gasteiger partial charge on any atom is 0.320 e. The van der Waals surface area contributed by atoms with Gasteiger partial charge in [-0.3, -0.25) is 9.48 Å². The second-order valence-corrected chi connectivity index (χ2v) is 5.24. The molecule has 102 valence electrons. The molecule has 0 radical (unpaired) electrons. The Morgan fingerprint density at radius 1 is 1.50 bits per heavy atom. The number of nitrogens with one attached hydrogen (secondary N) is 1. The monoisotopic (exact) mass is 253 g/mol. The van der Waals surface area contributed by atoms with Crippen molar-refractivity contribution in [2.75, 3.05) is 6.54 Å². The molecule has 0 saturated heterocycles. The Kier molecular flexibility index (Phi) is 5.34. The maximum atomic E-state index is 11.5. The SMILES string of the molecule is CCCn1nccc1CNCC(=O)OC(C)(C)C. The van der Waals surface area contributed by atoms with Crippen molar-refractivity contribution < 1.29 is 9.53 Å². The summed E-state index contributed by atoms with van der Waals surface area (Å²) in [6, 6.07) is 1.96. The highest BCUT2D eigenvalue weighted by Gasteiger charge is 2.15. The van der Waals surface area contributed by atoms with E-state index in [1.54, 1.807) is 6.20 Å². The minimum atomic E-state index is -0.428. The van der Waals surface area contributed by atoms with Crippen LogP contribution in [0.4, 0.5) is 0 Å². The molecule has 5 nitrogen and oxygen atoms in total. The Morgan fingerprint density at radius 3 is 2.83 bits per heavy atom. The van der Waals surface area contributed by atoms with Gasteiger partial charge in [0.2, 0.25) is 0 Å². The van der Waals surface area contributed by atoms with E-state index in [4.69, 9.17) is 4.74 Å². The lowest BCUT2D eigenvalue weighted by Crippen LogP contribution is -2.31. The summed E-state index contributed by atoms with van der Waals surface area (Å²) in [6.45, 7) is 9.44. The van der Waals surface area contributed by atoms with Gasteiger partial charge in [0.05, 0.1) is 12.2 Å². The number of aromatic nitrogens is 2. The van der Waals surface area contributed by atoms with Crippen LogP contribution < -0.4 is 5.32 Å². The second kappa shape index (κ2) is 6.54. The molecule has 0 bridgehead atoms. The molecule has 0 atom stereocenters. The summed E-state index contributed by atoms with van der Waals surface area (Å²) in [6.07, 6.45) is 2.82. The molecule has 5 heteroatoms. The van der Waals surface area contributed by atoms with Gasteiger partial charge in [-0.05, 0) is 33.3 Å². The summed E-state index contributed by atoms with van der Waals surface area (Å²) in [7, 11) is 0. The standard InChI is InChI=1S/C13H23N3O2/c1-5-8-16-11(6-7-15-16)9-14-10-12(17)18-13(2,3)4/h6-7,14H,5,8-10H2,1-4H3. The highest BCUT2D eigenvalue weighted by Crippen LogP contribution is 2.06.